The summed E-state index contributed by atoms with van der Waals surface area (Å²) in [5, 5.41) is 24.7. The van der Waals surface area contributed by atoms with E-state index in [1.807, 2.05) is 25.1 Å². The van der Waals surface area contributed by atoms with Crippen molar-refractivity contribution in [3.05, 3.63) is 47.5 Å². The highest BCUT2D eigenvalue weighted by Crippen LogP contribution is 2.25. The summed E-state index contributed by atoms with van der Waals surface area (Å²) < 4.78 is 0. The Morgan fingerprint density at radius 2 is 1.86 bits per heavy atom. The number of carbonyl (C=O) groups is 1. The molecule has 1 amide bonds. The molecule has 110 valence electrons. The monoisotopic (exact) mass is 286 g/mol. The van der Waals surface area contributed by atoms with Crippen LogP contribution >= 0.6 is 0 Å². The molecule has 0 atom stereocenters. The molecule has 0 fully saturated rings. The average Bonchev–Trinajstić information content (AvgIpc) is 2.42. The molecule has 21 heavy (non-hydrogen) atoms. The SMILES string of the molecule is CC(=O)Nc1ccc(NCc2ccc(O)c(O)c2)cc1C. The molecule has 0 unspecified atom stereocenters. The summed E-state index contributed by atoms with van der Waals surface area (Å²) in [5.41, 5.74) is 3.52. The van der Waals surface area contributed by atoms with Gasteiger partial charge in [-0.1, -0.05) is 6.07 Å². The van der Waals surface area contributed by atoms with E-state index in [2.05, 4.69) is 10.6 Å². The summed E-state index contributed by atoms with van der Waals surface area (Å²) in [5.74, 6) is -0.362. The van der Waals surface area contributed by atoms with Gasteiger partial charge < -0.3 is 20.8 Å². The molecular formula is C16H18N2O3. The highest BCUT2D eigenvalue weighted by atomic mass is 16.3. The maximum atomic E-state index is 11.0. The van der Waals surface area contributed by atoms with Crippen LogP contribution < -0.4 is 10.6 Å². The summed E-state index contributed by atoms with van der Waals surface area (Å²) in [6, 6.07) is 10.4. The molecule has 4 N–H and O–H groups in total. The predicted octanol–water partition coefficient (Wildman–Crippen LogP) is 2.98. The molecule has 0 saturated carbocycles. The summed E-state index contributed by atoms with van der Waals surface area (Å²) in [4.78, 5) is 11.0. The van der Waals surface area contributed by atoms with Gasteiger partial charge in [-0.15, -0.1) is 0 Å². The van der Waals surface area contributed by atoms with E-state index in [1.54, 1.807) is 6.07 Å². The maximum absolute atomic E-state index is 11.0. The Balaban J connectivity index is 2.04. The van der Waals surface area contributed by atoms with Crippen LogP contribution in [-0.2, 0) is 11.3 Å². The van der Waals surface area contributed by atoms with E-state index in [9.17, 15) is 15.0 Å². The number of aromatic hydroxyl groups is 2. The van der Waals surface area contributed by atoms with Crippen LogP contribution in [-0.4, -0.2) is 16.1 Å². The van der Waals surface area contributed by atoms with Gasteiger partial charge in [0.1, 0.15) is 0 Å². The van der Waals surface area contributed by atoms with E-state index in [0.717, 1.165) is 22.5 Å². The molecule has 2 rings (SSSR count). The minimum absolute atomic E-state index is 0.0987. The first-order chi connectivity index (χ1) is 9.95. The van der Waals surface area contributed by atoms with Crippen molar-refractivity contribution in [3.63, 3.8) is 0 Å². The van der Waals surface area contributed by atoms with Gasteiger partial charge in [-0.2, -0.15) is 0 Å². The third kappa shape index (κ3) is 3.89. The molecule has 2 aromatic carbocycles. The lowest BCUT2D eigenvalue weighted by Crippen LogP contribution is -2.07. The number of amides is 1. The number of anilines is 2. The Kier molecular flexibility index (Phi) is 4.33. The standard InChI is InChI=1S/C16H18N2O3/c1-10-7-13(4-5-14(10)18-11(2)19)17-9-12-3-6-15(20)16(21)8-12/h3-8,17,20-21H,9H2,1-2H3,(H,18,19). The van der Waals surface area contributed by atoms with Crippen molar-refractivity contribution in [1.82, 2.24) is 0 Å². The van der Waals surface area contributed by atoms with E-state index in [4.69, 9.17) is 0 Å². The van der Waals surface area contributed by atoms with Gasteiger partial charge in [0.15, 0.2) is 11.5 Å². The first-order valence-electron chi connectivity index (χ1n) is 6.58. The van der Waals surface area contributed by atoms with E-state index in [0.29, 0.717) is 6.54 Å². The number of phenols is 2. The third-order valence-electron chi connectivity index (χ3n) is 3.07. The molecule has 0 saturated heterocycles. The molecule has 5 nitrogen and oxygen atoms in total. The van der Waals surface area contributed by atoms with Crippen molar-refractivity contribution in [2.75, 3.05) is 10.6 Å². The molecule has 0 aromatic heterocycles. The van der Waals surface area contributed by atoms with Crippen molar-refractivity contribution in [3.8, 4) is 11.5 Å². The number of carbonyl (C=O) groups excluding carboxylic acids is 1. The summed E-state index contributed by atoms with van der Waals surface area (Å²) in [6.45, 7) is 3.92. The van der Waals surface area contributed by atoms with Gasteiger partial charge in [0.2, 0.25) is 5.91 Å². The molecule has 2 aromatic rings. The van der Waals surface area contributed by atoms with Crippen molar-refractivity contribution in [2.45, 2.75) is 20.4 Å². The second-order valence-electron chi connectivity index (χ2n) is 4.89. The van der Waals surface area contributed by atoms with Gasteiger partial charge in [-0.05, 0) is 48.4 Å². The Morgan fingerprint density at radius 3 is 2.48 bits per heavy atom. The summed E-state index contributed by atoms with van der Waals surface area (Å²) in [6.07, 6.45) is 0. The fourth-order valence-corrected chi connectivity index (χ4v) is 1.99. The maximum Gasteiger partial charge on any atom is 0.221 e. The summed E-state index contributed by atoms with van der Waals surface area (Å²) in [7, 11) is 0. The molecule has 0 spiro atoms. The lowest BCUT2D eigenvalue weighted by atomic mass is 10.1. The molecule has 0 bridgehead atoms. The number of nitrogens with one attached hydrogen (secondary N) is 2. The molecule has 0 aliphatic rings. The number of rotatable bonds is 4. The number of hydrogen-bond donors (Lipinski definition) is 4. The van der Waals surface area contributed by atoms with Gasteiger partial charge in [0, 0.05) is 24.8 Å². The Bertz CT molecular complexity index is 669. The van der Waals surface area contributed by atoms with Crippen molar-refractivity contribution in [1.29, 1.82) is 0 Å². The van der Waals surface area contributed by atoms with Crippen LogP contribution in [0.2, 0.25) is 0 Å². The number of phenolic OH excluding ortho intramolecular Hbond substituents is 2. The Hall–Kier alpha value is -2.69. The lowest BCUT2D eigenvalue weighted by Gasteiger charge is -2.11. The van der Waals surface area contributed by atoms with Gasteiger partial charge >= 0.3 is 0 Å². The zero-order valence-electron chi connectivity index (χ0n) is 12.0. The van der Waals surface area contributed by atoms with Crippen LogP contribution in [0.5, 0.6) is 11.5 Å². The normalized spacial score (nSPS) is 10.2. The predicted molar refractivity (Wildman–Crippen MR) is 82.6 cm³/mol. The molecule has 0 aliphatic carbocycles. The number of hydrogen-bond acceptors (Lipinski definition) is 4. The van der Waals surface area contributed by atoms with E-state index >= 15 is 0 Å². The molecule has 0 radical (unpaired) electrons. The molecule has 0 heterocycles. The first-order valence-corrected chi connectivity index (χ1v) is 6.58. The van der Waals surface area contributed by atoms with Crippen LogP contribution in [0.15, 0.2) is 36.4 Å². The minimum Gasteiger partial charge on any atom is -0.504 e. The van der Waals surface area contributed by atoms with Crippen molar-refractivity contribution in [2.24, 2.45) is 0 Å². The van der Waals surface area contributed by atoms with Gasteiger partial charge in [0.25, 0.3) is 0 Å². The molecular weight excluding hydrogens is 268 g/mol. The van der Waals surface area contributed by atoms with Gasteiger partial charge in [-0.25, -0.2) is 0 Å². The fourth-order valence-electron chi connectivity index (χ4n) is 1.99. The van der Waals surface area contributed by atoms with Crippen LogP contribution in [0.4, 0.5) is 11.4 Å². The van der Waals surface area contributed by atoms with E-state index in [1.165, 1.54) is 19.1 Å². The van der Waals surface area contributed by atoms with Crippen molar-refractivity contribution < 1.29 is 15.0 Å². The van der Waals surface area contributed by atoms with Crippen LogP contribution in [0.25, 0.3) is 0 Å². The second-order valence-corrected chi connectivity index (χ2v) is 4.89. The van der Waals surface area contributed by atoms with Gasteiger partial charge in [0.05, 0.1) is 0 Å². The Labute approximate surface area is 123 Å². The van der Waals surface area contributed by atoms with Crippen LogP contribution in [0.3, 0.4) is 0 Å². The Morgan fingerprint density at radius 1 is 1.10 bits per heavy atom. The fraction of sp³-hybridized carbons (Fsp3) is 0.188. The van der Waals surface area contributed by atoms with Crippen LogP contribution in [0, 0.1) is 6.92 Å². The molecule has 0 aliphatic heterocycles. The highest BCUT2D eigenvalue weighted by molar-refractivity contribution is 5.89. The van der Waals surface area contributed by atoms with Crippen molar-refractivity contribution >= 4 is 17.3 Å². The first kappa shape index (κ1) is 14.7. The largest absolute Gasteiger partial charge is 0.504 e. The topological polar surface area (TPSA) is 81.6 Å². The van der Waals surface area contributed by atoms with E-state index in [-0.39, 0.29) is 17.4 Å². The average molecular weight is 286 g/mol. The van der Waals surface area contributed by atoms with Crippen LogP contribution in [0.1, 0.15) is 18.1 Å². The minimum atomic E-state index is -0.133. The third-order valence-corrected chi connectivity index (χ3v) is 3.07. The number of benzene rings is 2. The quantitative estimate of drug-likeness (QED) is 0.651. The number of aryl methyl sites for hydroxylation is 1. The zero-order valence-corrected chi connectivity index (χ0v) is 12.0. The zero-order chi connectivity index (χ0) is 15.4. The summed E-state index contributed by atoms with van der Waals surface area (Å²) >= 11 is 0. The van der Waals surface area contributed by atoms with E-state index < -0.39 is 0 Å². The lowest BCUT2D eigenvalue weighted by molar-refractivity contribution is -0.114. The second kappa shape index (κ2) is 6.17. The van der Waals surface area contributed by atoms with Gasteiger partial charge in [-0.3, -0.25) is 4.79 Å². The highest BCUT2D eigenvalue weighted by Gasteiger charge is 2.03. The smallest absolute Gasteiger partial charge is 0.221 e. The molecule has 5 heteroatoms.